The van der Waals surface area contributed by atoms with Gasteiger partial charge in [0.15, 0.2) is 0 Å². The molecule has 0 bridgehead atoms. The fourth-order valence-electron chi connectivity index (χ4n) is 5.41. The highest BCUT2D eigenvalue weighted by Crippen LogP contribution is 2.27. The molecule has 1 atom stereocenters. The molecule has 1 aromatic heterocycles. The van der Waals surface area contributed by atoms with Crippen molar-refractivity contribution in [2.75, 3.05) is 5.32 Å². The first kappa shape index (κ1) is 25.6. The van der Waals surface area contributed by atoms with Crippen molar-refractivity contribution in [2.45, 2.75) is 32.0 Å². The number of aromatic nitrogens is 1. The molecular formula is C34H34N2OSi. The van der Waals surface area contributed by atoms with Gasteiger partial charge < -0.3 is 5.32 Å². The Bertz CT molecular complexity index is 1490. The number of nitrogens with zero attached hydrogens (tertiary/aromatic N) is 1. The second-order valence-electron chi connectivity index (χ2n) is 10.7. The molecule has 1 unspecified atom stereocenters. The van der Waals surface area contributed by atoms with Gasteiger partial charge >= 0.3 is 0 Å². The average molecular weight is 515 g/mol. The van der Waals surface area contributed by atoms with Gasteiger partial charge in [-0.05, 0) is 47.2 Å². The molecule has 4 heteroatoms. The number of amides is 1. The molecule has 0 aliphatic rings. The van der Waals surface area contributed by atoms with Gasteiger partial charge in [0.25, 0.3) is 0 Å². The molecule has 0 spiro atoms. The van der Waals surface area contributed by atoms with E-state index < -0.39 is 8.07 Å². The van der Waals surface area contributed by atoms with Gasteiger partial charge in [-0.25, -0.2) is 0 Å². The first-order chi connectivity index (χ1) is 18.5. The van der Waals surface area contributed by atoms with E-state index in [1.165, 1.54) is 21.9 Å². The number of carbonyl (C=O) groups is 1. The van der Waals surface area contributed by atoms with Crippen LogP contribution in [0.2, 0.25) is 19.1 Å². The maximum Gasteiger partial charge on any atom is 0.224 e. The van der Waals surface area contributed by atoms with Crippen molar-refractivity contribution >= 4 is 35.8 Å². The van der Waals surface area contributed by atoms with Crippen LogP contribution < -0.4 is 10.5 Å². The highest BCUT2D eigenvalue weighted by Gasteiger charge is 2.29. The zero-order chi connectivity index (χ0) is 26.4. The second kappa shape index (κ2) is 11.6. The molecule has 0 saturated heterocycles. The highest BCUT2D eigenvalue weighted by atomic mass is 28.3. The molecule has 0 fully saturated rings. The lowest BCUT2D eigenvalue weighted by atomic mass is 9.95. The molecule has 4 aromatic carbocycles. The summed E-state index contributed by atoms with van der Waals surface area (Å²) in [6.07, 6.45) is 3.13. The molecule has 3 nitrogen and oxygen atoms in total. The van der Waals surface area contributed by atoms with Crippen LogP contribution in [0.3, 0.4) is 0 Å². The number of anilines is 1. The second-order valence-corrected chi connectivity index (χ2v) is 15.5. The smallest absolute Gasteiger partial charge is 0.224 e. The van der Waals surface area contributed by atoms with Crippen LogP contribution in [0.15, 0.2) is 121 Å². The van der Waals surface area contributed by atoms with Gasteiger partial charge in [-0.15, -0.1) is 0 Å². The van der Waals surface area contributed by atoms with Crippen LogP contribution in [-0.4, -0.2) is 19.0 Å². The summed E-state index contributed by atoms with van der Waals surface area (Å²) >= 11 is 0. The van der Waals surface area contributed by atoms with E-state index in [0.29, 0.717) is 6.42 Å². The lowest BCUT2D eigenvalue weighted by Gasteiger charge is -2.29. The van der Waals surface area contributed by atoms with Crippen LogP contribution >= 0.6 is 0 Å². The number of pyridine rings is 1. The SMILES string of the molecule is C[Si](C)(CC(CC(=O)Nc1cccc2cccnc12)Cc1ccc(-c2ccccc2)cc1)c1ccccc1. The van der Waals surface area contributed by atoms with Crippen molar-refractivity contribution in [3.63, 3.8) is 0 Å². The minimum absolute atomic E-state index is 0.0481. The summed E-state index contributed by atoms with van der Waals surface area (Å²) in [7, 11) is -1.75. The molecule has 0 radical (unpaired) electrons. The third kappa shape index (κ3) is 6.27. The standard InChI is InChI=1S/C34H34N2OSi/c1-38(2,31-15-7-4-8-16-31)25-27(23-26-18-20-29(21-19-26)28-11-5-3-6-12-28)24-33(37)36-32-17-9-13-30-14-10-22-35-34(30)32/h3-22,27H,23-25H2,1-2H3,(H,36,37). The van der Waals surface area contributed by atoms with Gasteiger partial charge in [0.1, 0.15) is 0 Å². The summed E-state index contributed by atoms with van der Waals surface area (Å²) in [5, 5.41) is 5.63. The minimum Gasteiger partial charge on any atom is -0.324 e. The number of hydrogen-bond acceptors (Lipinski definition) is 2. The Balaban J connectivity index is 1.36. The van der Waals surface area contributed by atoms with Crippen molar-refractivity contribution in [3.05, 3.63) is 127 Å². The third-order valence-electron chi connectivity index (χ3n) is 7.32. The van der Waals surface area contributed by atoms with E-state index in [-0.39, 0.29) is 11.8 Å². The van der Waals surface area contributed by atoms with Crippen LogP contribution in [0.5, 0.6) is 0 Å². The minimum atomic E-state index is -1.75. The summed E-state index contributed by atoms with van der Waals surface area (Å²) in [4.78, 5) is 17.9. The van der Waals surface area contributed by atoms with E-state index in [9.17, 15) is 4.79 Å². The van der Waals surface area contributed by atoms with Gasteiger partial charge in [0.2, 0.25) is 5.91 Å². The van der Waals surface area contributed by atoms with Crippen molar-refractivity contribution in [2.24, 2.45) is 5.92 Å². The third-order valence-corrected chi connectivity index (χ3v) is 10.8. The van der Waals surface area contributed by atoms with Gasteiger partial charge in [-0.1, -0.05) is 121 Å². The Hall–Kier alpha value is -4.02. The number of carbonyl (C=O) groups excluding carboxylic acids is 1. The van der Waals surface area contributed by atoms with Crippen LogP contribution in [0.4, 0.5) is 5.69 Å². The largest absolute Gasteiger partial charge is 0.324 e. The molecule has 1 N–H and O–H groups in total. The van der Waals surface area contributed by atoms with Crippen LogP contribution in [0, 0.1) is 5.92 Å². The fraction of sp³-hybridized carbons (Fsp3) is 0.176. The van der Waals surface area contributed by atoms with E-state index in [4.69, 9.17) is 0 Å². The number of benzene rings is 4. The van der Waals surface area contributed by atoms with Crippen molar-refractivity contribution in [3.8, 4) is 11.1 Å². The van der Waals surface area contributed by atoms with Gasteiger partial charge in [-0.3, -0.25) is 9.78 Å². The number of rotatable bonds is 9. The lowest BCUT2D eigenvalue weighted by Crippen LogP contribution is -2.43. The van der Waals surface area contributed by atoms with E-state index in [1.807, 2.05) is 36.4 Å². The van der Waals surface area contributed by atoms with E-state index >= 15 is 0 Å². The van der Waals surface area contributed by atoms with Gasteiger partial charge in [0, 0.05) is 18.0 Å². The normalized spacial score (nSPS) is 12.3. The van der Waals surface area contributed by atoms with E-state index in [2.05, 4.69) is 102 Å². The van der Waals surface area contributed by atoms with E-state index in [0.717, 1.165) is 29.1 Å². The summed E-state index contributed by atoms with van der Waals surface area (Å²) in [5.41, 5.74) is 5.31. The van der Waals surface area contributed by atoms with E-state index in [1.54, 1.807) is 6.20 Å². The quantitative estimate of drug-likeness (QED) is 0.205. The Morgan fingerprint density at radius 3 is 2.16 bits per heavy atom. The van der Waals surface area contributed by atoms with Crippen molar-refractivity contribution < 1.29 is 4.79 Å². The first-order valence-corrected chi connectivity index (χ1v) is 16.5. The van der Waals surface area contributed by atoms with Crippen LogP contribution in [-0.2, 0) is 11.2 Å². The number of para-hydroxylation sites is 1. The molecule has 0 aliphatic heterocycles. The predicted molar refractivity (Wildman–Crippen MR) is 162 cm³/mol. The zero-order valence-corrected chi connectivity index (χ0v) is 23.1. The molecular weight excluding hydrogens is 480 g/mol. The lowest BCUT2D eigenvalue weighted by molar-refractivity contribution is -0.116. The first-order valence-electron chi connectivity index (χ1n) is 13.3. The molecule has 0 saturated carbocycles. The van der Waals surface area contributed by atoms with Crippen LogP contribution in [0.1, 0.15) is 12.0 Å². The monoisotopic (exact) mass is 514 g/mol. The molecule has 5 rings (SSSR count). The maximum atomic E-state index is 13.4. The van der Waals surface area contributed by atoms with Crippen LogP contribution in [0.25, 0.3) is 22.0 Å². The average Bonchev–Trinajstić information content (AvgIpc) is 2.94. The van der Waals surface area contributed by atoms with Gasteiger partial charge in [-0.2, -0.15) is 0 Å². The fourth-order valence-corrected chi connectivity index (χ4v) is 8.47. The topological polar surface area (TPSA) is 42.0 Å². The number of hydrogen-bond donors (Lipinski definition) is 1. The molecule has 1 heterocycles. The summed E-state index contributed by atoms with van der Waals surface area (Å²) in [6, 6.07) is 41.0. The molecule has 38 heavy (non-hydrogen) atoms. The Labute approximate surface area is 226 Å². The number of nitrogens with one attached hydrogen (secondary N) is 1. The molecule has 0 aliphatic carbocycles. The summed E-state index contributed by atoms with van der Waals surface area (Å²) < 4.78 is 0. The van der Waals surface area contributed by atoms with Gasteiger partial charge in [0.05, 0.1) is 19.3 Å². The predicted octanol–water partition coefficient (Wildman–Crippen LogP) is 7.70. The Morgan fingerprint density at radius 2 is 1.42 bits per heavy atom. The Kier molecular flexibility index (Phi) is 7.80. The molecule has 1 amide bonds. The Morgan fingerprint density at radius 1 is 0.763 bits per heavy atom. The van der Waals surface area contributed by atoms with Crippen molar-refractivity contribution in [1.82, 2.24) is 4.98 Å². The molecule has 5 aromatic rings. The molecule has 190 valence electrons. The maximum absolute atomic E-state index is 13.4. The summed E-state index contributed by atoms with van der Waals surface area (Å²) in [6.45, 7) is 4.83. The van der Waals surface area contributed by atoms with Crippen molar-refractivity contribution in [1.29, 1.82) is 0 Å². The summed E-state index contributed by atoms with van der Waals surface area (Å²) in [5.74, 6) is 0.286. The zero-order valence-electron chi connectivity index (χ0n) is 22.1. The highest BCUT2D eigenvalue weighted by molar-refractivity contribution is 6.89. The number of fused-ring (bicyclic) bond motifs is 1.